The van der Waals surface area contributed by atoms with Crippen molar-refractivity contribution in [2.75, 3.05) is 12.0 Å². The van der Waals surface area contributed by atoms with E-state index in [0.29, 0.717) is 24.2 Å². The van der Waals surface area contributed by atoms with E-state index in [1.807, 2.05) is 0 Å². The number of nitrogens with one attached hydrogen (secondary N) is 1. The fraction of sp³-hybridized carbons (Fsp3) is 0.692. The normalized spacial score (nSPS) is 12.6. The number of nitrogens with two attached hydrogens (primary N) is 1. The standard InChI is InChI=1S/C13H24N4O/c1-5-6-10(4)7-18-13-11(9(2)3)12(17-14)15-8-16-13/h8-10H,5-7,14H2,1-4H3,(H,15,16,17). The number of aromatic nitrogens is 2. The van der Waals surface area contributed by atoms with Crippen LogP contribution in [0.2, 0.25) is 0 Å². The first-order valence-electron chi connectivity index (χ1n) is 6.54. The number of anilines is 1. The Kier molecular flexibility index (Phi) is 5.85. The highest BCUT2D eigenvalue weighted by molar-refractivity contribution is 5.49. The van der Waals surface area contributed by atoms with Crippen LogP contribution in [0.4, 0.5) is 5.82 Å². The van der Waals surface area contributed by atoms with Crippen molar-refractivity contribution in [3.63, 3.8) is 0 Å². The molecule has 18 heavy (non-hydrogen) atoms. The molecule has 1 aromatic rings. The Labute approximate surface area is 109 Å². The van der Waals surface area contributed by atoms with E-state index in [0.717, 1.165) is 12.0 Å². The quantitative estimate of drug-likeness (QED) is 0.576. The summed E-state index contributed by atoms with van der Waals surface area (Å²) in [5.41, 5.74) is 3.53. The summed E-state index contributed by atoms with van der Waals surface area (Å²) in [4.78, 5) is 8.33. The van der Waals surface area contributed by atoms with E-state index >= 15 is 0 Å². The van der Waals surface area contributed by atoms with Crippen molar-refractivity contribution in [1.29, 1.82) is 0 Å². The lowest BCUT2D eigenvalue weighted by molar-refractivity contribution is 0.240. The van der Waals surface area contributed by atoms with Gasteiger partial charge in [0.05, 0.1) is 12.2 Å². The van der Waals surface area contributed by atoms with E-state index in [2.05, 4.69) is 43.1 Å². The first-order valence-corrected chi connectivity index (χ1v) is 6.54. The van der Waals surface area contributed by atoms with Gasteiger partial charge in [0.2, 0.25) is 5.88 Å². The van der Waals surface area contributed by atoms with Gasteiger partial charge in [-0.3, -0.25) is 0 Å². The van der Waals surface area contributed by atoms with Gasteiger partial charge in [0.15, 0.2) is 5.82 Å². The van der Waals surface area contributed by atoms with Gasteiger partial charge in [0.25, 0.3) is 0 Å². The summed E-state index contributed by atoms with van der Waals surface area (Å²) >= 11 is 0. The molecular formula is C13H24N4O. The van der Waals surface area contributed by atoms with Crippen molar-refractivity contribution >= 4 is 5.82 Å². The maximum absolute atomic E-state index is 5.81. The van der Waals surface area contributed by atoms with Crippen molar-refractivity contribution in [2.45, 2.75) is 46.5 Å². The molecule has 0 amide bonds. The molecule has 3 N–H and O–H groups in total. The number of hydrazine groups is 1. The van der Waals surface area contributed by atoms with Crippen LogP contribution in [0.15, 0.2) is 6.33 Å². The van der Waals surface area contributed by atoms with Gasteiger partial charge in [-0.05, 0) is 18.3 Å². The van der Waals surface area contributed by atoms with Gasteiger partial charge >= 0.3 is 0 Å². The first kappa shape index (κ1) is 14.7. The fourth-order valence-corrected chi connectivity index (χ4v) is 1.93. The van der Waals surface area contributed by atoms with E-state index in [1.54, 1.807) is 0 Å². The van der Waals surface area contributed by atoms with E-state index in [1.165, 1.54) is 12.7 Å². The lowest BCUT2D eigenvalue weighted by Crippen LogP contribution is -2.15. The molecule has 0 radical (unpaired) electrons. The monoisotopic (exact) mass is 252 g/mol. The third-order valence-electron chi connectivity index (χ3n) is 2.85. The molecule has 1 aromatic heterocycles. The summed E-state index contributed by atoms with van der Waals surface area (Å²) in [5.74, 6) is 7.52. The number of rotatable bonds is 7. The van der Waals surface area contributed by atoms with E-state index in [9.17, 15) is 0 Å². The molecule has 0 aliphatic heterocycles. The summed E-state index contributed by atoms with van der Waals surface area (Å²) in [6.07, 6.45) is 3.80. The summed E-state index contributed by atoms with van der Waals surface area (Å²) in [7, 11) is 0. The second-order valence-electron chi connectivity index (χ2n) is 4.94. The molecular weight excluding hydrogens is 228 g/mol. The van der Waals surface area contributed by atoms with E-state index < -0.39 is 0 Å². The highest BCUT2D eigenvalue weighted by Crippen LogP contribution is 2.29. The Morgan fingerprint density at radius 3 is 2.61 bits per heavy atom. The zero-order valence-electron chi connectivity index (χ0n) is 11.7. The van der Waals surface area contributed by atoms with Gasteiger partial charge in [-0.25, -0.2) is 15.8 Å². The van der Waals surface area contributed by atoms with Crippen LogP contribution in [0.1, 0.15) is 52.0 Å². The van der Waals surface area contributed by atoms with Gasteiger partial charge < -0.3 is 10.2 Å². The number of nitrogen functional groups attached to an aromatic ring is 1. The predicted octanol–water partition coefficient (Wildman–Crippen LogP) is 2.70. The van der Waals surface area contributed by atoms with Crippen LogP contribution >= 0.6 is 0 Å². The summed E-state index contributed by atoms with van der Waals surface area (Å²) in [5, 5.41) is 0. The van der Waals surface area contributed by atoms with Gasteiger partial charge in [0, 0.05) is 0 Å². The summed E-state index contributed by atoms with van der Waals surface area (Å²) < 4.78 is 5.81. The molecule has 1 unspecified atom stereocenters. The first-order chi connectivity index (χ1) is 8.60. The highest BCUT2D eigenvalue weighted by Gasteiger charge is 2.16. The molecule has 5 nitrogen and oxygen atoms in total. The molecule has 0 aromatic carbocycles. The number of nitrogens with zero attached hydrogens (tertiary/aromatic N) is 2. The van der Waals surface area contributed by atoms with Crippen molar-refractivity contribution in [3.8, 4) is 5.88 Å². The van der Waals surface area contributed by atoms with Crippen LogP contribution in [0.3, 0.4) is 0 Å². The highest BCUT2D eigenvalue weighted by atomic mass is 16.5. The van der Waals surface area contributed by atoms with Crippen molar-refractivity contribution in [1.82, 2.24) is 9.97 Å². The van der Waals surface area contributed by atoms with Crippen LogP contribution in [-0.4, -0.2) is 16.6 Å². The van der Waals surface area contributed by atoms with Gasteiger partial charge in [-0.1, -0.05) is 34.1 Å². The third-order valence-corrected chi connectivity index (χ3v) is 2.85. The zero-order valence-corrected chi connectivity index (χ0v) is 11.7. The number of ether oxygens (including phenoxy) is 1. The minimum Gasteiger partial charge on any atom is -0.477 e. The lowest BCUT2D eigenvalue weighted by atomic mass is 10.1. The Hall–Kier alpha value is -1.36. The minimum atomic E-state index is 0.258. The van der Waals surface area contributed by atoms with Gasteiger partial charge in [-0.15, -0.1) is 0 Å². The third kappa shape index (κ3) is 3.84. The van der Waals surface area contributed by atoms with Gasteiger partial charge in [-0.2, -0.15) is 0 Å². The lowest BCUT2D eigenvalue weighted by Gasteiger charge is -2.17. The Bertz CT molecular complexity index is 368. The molecule has 0 saturated carbocycles. The SMILES string of the molecule is CCCC(C)COc1ncnc(NN)c1C(C)C. The molecule has 1 rings (SSSR count). The average molecular weight is 252 g/mol. The smallest absolute Gasteiger partial charge is 0.222 e. The predicted molar refractivity (Wildman–Crippen MR) is 73.5 cm³/mol. The molecule has 5 heteroatoms. The maximum Gasteiger partial charge on any atom is 0.222 e. The number of hydrogen-bond donors (Lipinski definition) is 2. The fourth-order valence-electron chi connectivity index (χ4n) is 1.93. The molecule has 0 bridgehead atoms. The molecule has 0 spiro atoms. The Morgan fingerprint density at radius 1 is 1.33 bits per heavy atom. The molecule has 0 aliphatic rings. The van der Waals surface area contributed by atoms with Crippen LogP contribution in [0.25, 0.3) is 0 Å². The van der Waals surface area contributed by atoms with Crippen LogP contribution < -0.4 is 16.0 Å². The minimum absolute atomic E-state index is 0.258. The van der Waals surface area contributed by atoms with E-state index in [-0.39, 0.29) is 5.92 Å². The molecule has 0 fully saturated rings. The molecule has 1 atom stereocenters. The summed E-state index contributed by atoms with van der Waals surface area (Å²) in [6, 6.07) is 0. The van der Waals surface area contributed by atoms with Crippen molar-refractivity contribution < 1.29 is 4.74 Å². The molecule has 102 valence electrons. The molecule has 1 heterocycles. The second-order valence-corrected chi connectivity index (χ2v) is 4.94. The zero-order chi connectivity index (χ0) is 13.5. The van der Waals surface area contributed by atoms with E-state index in [4.69, 9.17) is 10.6 Å². The Balaban J connectivity index is 2.81. The van der Waals surface area contributed by atoms with Gasteiger partial charge in [0.1, 0.15) is 6.33 Å². The van der Waals surface area contributed by atoms with Crippen LogP contribution in [0.5, 0.6) is 5.88 Å². The molecule has 0 saturated heterocycles. The van der Waals surface area contributed by atoms with Crippen LogP contribution in [-0.2, 0) is 0 Å². The number of hydrogen-bond acceptors (Lipinski definition) is 5. The largest absolute Gasteiger partial charge is 0.477 e. The van der Waals surface area contributed by atoms with Crippen molar-refractivity contribution in [3.05, 3.63) is 11.9 Å². The topological polar surface area (TPSA) is 73.1 Å². The summed E-state index contributed by atoms with van der Waals surface area (Å²) in [6.45, 7) is 9.18. The Morgan fingerprint density at radius 2 is 2.06 bits per heavy atom. The van der Waals surface area contributed by atoms with Crippen molar-refractivity contribution in [2.24, 2.45) is 11.8 Å². The second kappa shape index (κ2) is 7.16. The maximum atomic E-state index is 5.81. The average Bonchev–Trinajstić information content (AvgIpc) is 2.35. The molecule has 0 aliphatic carbocycles. The van der Waals surface area contributed by atoms with Crippen LogP contribution in [0, 0.1) is 5.92 Å².